The van der Waals surface area contributed by atoms with Gasteiger partial charge >= 0.3 is 0 Å². The molecule has 2 N–H and O–H groups in total. The Morgan fingerprint density at radius 3 is 2.88 bits per heavy atom. The van der Waals surface area contributed by atoms with Crippen LogP contribution in [0.4, 0.5) is 5.13 Å². The fraction of sp³-hybridized carbons (Fsp3) is 0.545. The van der Waals surface area contributed by atoms with Crippen LogP contribution in [0, 0.1) is 11.8 Å². The molecule has 17 heavy (non-hydrogen) atoms. The van der Waals surface area contributed by atoms with E-state index in [1.54, 1.807) is 5.38 Å². The fourth-order valence-electron chi connectivity index (χ4n) is 1.58. The molecule has 1 aliphatic carbocycles. The first-order valence-electron chi connectivity index (χ1n) is 5.57. The number of amides is 2. The van der Waals surface area contributed by atoms with E-state index in [0.717, 1.165) is 5.92 Å². The van der Waals surface area contributed by atoms with Crippen LogP contribution in [-0.2, 0) is 4.79 Å². The van der Waals surface area contributed by atoms with E-state index in [1.807, 2.05) is 0 Å². The second-order valence-corrected chi connectivity index (χ2v) is 5.26. The minimum Gasteiger partial charge on any atom is -0.350 e. The van der Waals surface area contributed by atoms with Crippen LogP contribution in [0.5, 0.6) is 0 Å². The Balaban J connectivity index is 1.85. The van der Waals surface area contributed by atoms with Crippen LogP contribution in [0.25, 0.3) is 0 Å². The van der Waals surface area contributed by atoms with Gasteiger partial charge in [-0.25, -0.2) is 4.98 Å². The Morgan fingerprint density at radius 1 is 1.59 bits per heavy atom. The molecule has 1 heterocycles. The molecule has 1 aliphatic rings. The normalized spacial score (nSPS) is 22.0. The van der Waals surface area contributed by atoms with Gasteiger partial charge in [0.2, 0.25) is 5.91 Å². The summed E-state index contributed by atoms with van der Waals surface area (Å²) in [6.45, 7) is 4.30. The van der Waals surface area contributed by atoms with Crippen LogP contribution < -0.4 is 10.6 Å². The van der Waals surface area contributed by atoms with E-state index in [0.29, 0.717) is 23.3 Å². The molecule has 0 radical (unpaired) electrons. The van der Waals surface area contributed by atoms with Gasteiger partial charge in [-0.15, -0.1) is 11.3 Å². The van der Waals surface area contributed by atoms with Crippen molar-refractivity contribution in [1.29, 1.82) is 0 Å². The van der Waals surface area contributed by atoms with Crippen molar-refractivity contribution in [1.82, 2.24) is 10.3 Å². The molecule has 1 fully saturated rings. The summed E-state index contributed by atoms with van der Waals surface area (Å²) in [6, 6.07) is 0. The van der Waals surface area contributed by atoms with Gasteiger partial charge in [-0.05, 0) is 18.3 Å². The standard InChI is InChI=1S/C11H15N3O2S/c1-6-3-8(6)4-12-10(16)9-5-17-11(14-9)13-7(2)15/h5-6,8H,3-4H2,1-2H3,(H,12,16)(H,13,14,15)/t6-,8-/m1/s1. The number of hydrogen-bond donors (Lipinski definition) is 2. The average molecular weight is 253 g/mol. The zero-order chi connectivity index (χ0) is 12.4. The molecular weight excluding hydrogens is 238 g/mol. The number of hydrogen-bond acceptors (Lipinski definition) is 4. The topological polar surface area (TPSA) is 71.1 Å². The molecule has 0 spiro atoms. The molecule has 1 aromatic heterocycles. The quantitative estimate of drug-likeness (QED) is 0.854. The van der Waals surface area contributed by atoms with Gasteiger partial charge in [-0.1, -0.05) is 6.92 Å². The minimum atomic E-state index is -0.182. The van der Waals surface area contributed by atoms with E-state index in [2.05, 4.69) is 22.5 Å². The highest BCUT2D eigenvalue weighted by atomic mass is 32.1. The van der Waals surface area contributed by atoms with Crippen LogP contribution >= 0.6 is 11.3 Å². The van der Waals surface area contributed by atoms with Gasteiger partial charge in [-0.3, -0.25) is 9.59 Å². The Labute approximate surface area is 104 Å². The number of rotatable bonds is 4. The molecular formula is C11H15N3O2S. The number of carbonyl (C=O) groups is 2. The molecule has 92 valence electrons. The second kappa shape index (κ2) is 4.83. The fourth-order valence-corrected chi connectivity index (χ4v) is 2.32. The second-order valence-electron chi connectivity index (χ2n) is 4.40. The molecule has 2 amide bonds. The maximum atomic E-state index is 11.7. The summed E-state index contributed by atoms with van der Waals surface area (Å²) in [5.74, 6) is 0.989. The van der Waals surface area contributed by atoms with Gasteiger partial charge in [0.05, 0.1) is 0 Å². The molecule has 0 aromatic carbocycles. The molecule has 6 heteroatoms. The van der Waals surface area contributed by atoms with Crippen molar-refractivity contribution in [2.75, 3.05) is 11.9 Å². The van der Waals surface area contributed by atoms with Crippen LogP contribution in [-0.4, -0.2) is 23.3 Å². The van der Waals surface area contributed by atoms with Crippen LogP contribution in [0.15, 0.2) is 5.38 Å². The zero-order valence-corrected chi connectivity index (χ0v) is 10.6. The predicted molar refractivity (Wildman–Crippen MR) is 66.0 cm³/mol. The average Bonchev–Trinajstić information content (AvgIpc) is 2.75. The molecule has 1 saturated carbocycles. The first-order chi connectivity index (χ1) is 8.06. The Hall–Kier alpha value is -1.43. The first-order valence-corrected chi connectivity index (χ1v) is 6.45. The molecule has 0 saturated heterocycles. The van der Waals surface area contributed by atoms with E-state index in [4.69, 9.17) is 0 Å². The molecule has 0 bridgehead atoms. The monoisotopic (exact) mass is 253 g/mol. The number of thiazole rings is 1. The Kier molecular flexibility index (Phi) is 3.42. The van der Waals surface area contributed by atoms with Crippen molar-refractivity contribution in [3.8, 4) is 0 Å². The highest BCUT2D eigenvalue weighted by molar-refractivity contribution is 7.14. The van der Waals surface area contributed by atoms with Crippen molar-refractivity contribution >= 4 is 28.3 Å². The summed E-state index contributed by atoms with van der Waals surface area (Å²) in [6.07, 6.45) is 1.19. The number of nitrogens with zero attached hydrogens (tertiary/aromatic N) is 1. The van der Waals surface area contributed by atoms with Crippen molar-refractivity contribution < 1.29 is 9.59 Å². The van der Waals surface area contributed by atoms with Crippen LogP contribution in [0.1, 0.15) is 30.8 Å². The summed E-state index contributed by atoms with van der Waals surface area (Å²) in [7, 11) is 0. The lowest BCUT2D eigenvalue weighted by atomic mass is 10.3. The highest BCUT2D eigenvalue weighted by Crippen LogP contribution is 2.36. The summed E-state index contributed by atoms with van der Waals surface area (Å²) < 4.78 is 0. The van der Waals surface area contributed by atoms with Gasteiger partial charge in [0, 0.05) is 18.8 Å². The van der Waals surface area contributed by atoms with E-state index in [1.165, 1.54) is 24.7 Å². The molecule has 0 unspecified atom stereocenters. The van der Waals surface area contributed by atoms with Gasteiger partial charge in [0.15, 0.2) is 5.13 Å². The van der Waals surface area contributed by atoms with Crippen molar-refractivity contribution in [2.45, 2.75) is 20.3 Å². The molecule has 5 nitrogen and oxygen atoms in total. The number of carbonyl (C=O) groups excluding carboxylic acids is 2. The maximum Gasteiger partial charge on any atom is 0.270 e. The van der Waals surface area contributed by atoms with Gasteiger partial charge in [0.25, 0.3) is 5.91 Å². The number of anilines is 1. The lowest BCUT2D eigenvalue weighted by Gasteiger charge is -2.01. The van der Waals surface area contributed by atoms with Crippen molar-refractivity contribution in [2.24, 2.45) is 11.8 Å². The smallest absolute Gasteiger partial charge is 0.270 e. The lowest BCUT2D eigenvalue weighted by Crippen LogP contribution is -2.26. The summed E-state index contributed by atoms with van der Waals surface area (Å²) in [5.41, 5.74) is 0.368. The third kappa shape index (κ3) is 3.26. The van der Waals surface area contributed by atoms with Crippen LogP contribution in [0.3, 0.4) is 0 Å². The van der Waals surface area contributed by atoms with Crippen molar-refractivity contribution in [3.63, 3.8) is 0 Å². The zero-order valence-electron chi connectivity index (χ0n) is 9.82. The summed E-state index contributed by atoms with van der Waals surface area (Å²) in [5, 5.41) is 7.51. The largest absolute Gasteiger partial charge is 0.350 e. The minimum absolute atomic E-state index is 0.169. The van der Waals surface area contributed by atoms with Gasteiger partial charge < -0.3 is 10.6 Å². The maximum absolute atomic E-state index is 11.7. The van der Waals surface area contributed by atoms with Crippen molar-refractivity contribution in [3.05, 3.63) is 11.1 Å². The summed E-state index contributed by atoms with van der Waals surface area (Å²) in [4.78, 5) is 26.6. The van der Waals surface area contributed by atoms with Crippen LogP contribution in [0.2, 0.25) is 0 Å². The van der Waals surface area contributed by atoms with Gasteiger partial charge in [-0.2, -0.15) is 0 Å². The molecule has 1 aromatic rings. The van der Waals surface area contributed by atoms with E-state index < -0.39 is 0 Å². The lowest BCUT2D eigenvalue weighted by molar-refractivity contribution is -0.114. The first kappa shape index (κ1) is 12.0. The number of nitrogens with one attached hydrogen (secondary N) is 2. The number of aromatic nitrogens is 1. The third-order valence-corrected chi connectivity index (χ3v) is 3.58. The van der Waals surface area contributed by atoms with Gasteiger partial charge in [0.1, 0.15) is 5.69 Å². The van der Waals surface area contributed by atoms with E-state index in [-0.39, 0.29) is 11.8 Å². The SMILES string of the molecule is CC(=O)Nc1nc(C(=O)NC[C@H]2C[C@H]2C)cs1. The summed E-state index contributed by atoms with van der Waals surface area (Å²) >= 11 is 1.25. The Morgan fingerprint density at radius 2 is 2.29 bits per heavy atom. The Bertz CT molecular complexity index is 444. The van der Waals surface area contributed by atoms with E-state index >= 15 is 0 Å². The predicted octanol–water partition coefficient (Wildman–Crippen LogP) is 1.49. The highest BCUT2D eigenvalue weighted by Gasteiger charge is 2.32. The molecule has 2 atom stereocenters. The third-order valence-electron chi connectivity index (χ3n) is 2.82. The van der Waals surface area contributed by atoms with E-state index in [9.17, 15) is 9.59 Å². The molecule has 0 aliphatic heterocycles. The molecule has 2 rings (SSSR count).